The number of halogens is 1. The highest BCUT2D eigenvalue weighted by molar-refractivity contribution is 5.92. The van der Waals surface area contributed by atoms with Crippen molar-refractivity contribution in [3.63, 3.8) is 0 Å². The zero-order valence-electron chi connectivity index (χ0n) is 8.20. The lowest BCUT2D eigenvalue weighted by molar-refractivity contribution is 0.0934. The average molecular weight is 207 g/mol. The summed E-state index contributed by atoms with van der Waals surface area (Å²) < 4.78 is 12.7. The topological polar surface area (TPSA) is 65.8 Å². The largest absolute Gasteiger partial charge is 0.347 e. The second-order valence-corrected chi connectivity index (χ2v) is 3.08. The summed E-state index contributed by atoms with van der Waals surface area (Å²) in [5.74, 6) is -1.17. The number of hydrogen-bond acceptors (Lipinski definition) is 3. The molecule has 0 aliphatic heterocycles. The molecule has 1 amide bonds. The van der Waals surface area contributed by atoms with E-state index in [0.717, 1.165) is 6.07 Å². The van der Waals surface area contributed by atoms with Gasteiger partial charge >= 0.3 is 0 Å². The van der Waals surface area contributed by atoms with Crippen LogP contribution in [0.15, 0.2) is 18.2 Å². The van der Waals surface area contributed by atoms with E-state index in [1.165, 1.54) is 12.1 Å². The van der Waals surface area contributed by atoms with Crippen LogP contribution >= 0.6 is 0 Å². The quantitative estimate of drug-likeness (QED) is 0.758. The molecule has 1 aromatic rings. The van der Waals surface area contributed by atoms with E-state index in [-0.39, 0.29) is 18.2 Å². The third kappa shape index (κ3) is 3.35. The van der Waals surface area contributed by atoms with Gasteiger partial charge in [0.1, 0.15) is 5.69 Å². The first-order chi connectivity index (χ1) is 7.13. The Hall–Kier alpha value is -1.96. The van der Waals surface area contributed by atoms with Crippen LogP contribution in [0.5, 0.6) is 0 Å². The number of nitrogens with zero attached hydrogens (tertiary/aromatic N) is 2. The molecule has 0 aromatic carbocycles. The molecule has 15 heavy (non-hydrogen) atoms. The Morgan fingerprint density at radius 2 is 2.47 bits per heavy atom. The summed E-state index contributed by atoms with van der Waals surface area (Å²) in [6.45, 7) is 1.69. The maximum atomic E-state index is 12.7. The molecule has 1 N–H and O–H groups in total. The number of pyridine rings is 1. The number of nitrogens with one attached hydrogen (secondary N) is 1. The molecule has 0 radical (unpaired) electrons. The highest BCUT2D eigenvalue weighted by atomic mass is 19.1. The molecule has 5 heteroatoms. The van der Waals surface area contributed by atoms with E-state index in [9.17, 15) is 9.18 Å². The van der Waals surface area contributed by atoms with Crippen LogP contribution in [0.1, 0.15) is 23.8 Å². The van der Waals surface area contributed by atoms with E-state index >= 15 is 0 Å². The van der Waals surface area contributed by atoms with Gasteiger partial charge in [-0.05, 0) is 19.1 Å². The van der Waals surface area contributed by atoms with Gasteiger partial charge in [0.25, 0.3) is 5.91 Å². The Labute approximate surface area is 86.7 Å². The van der Waals surface area contributed by atoms with Crippen LogP contribution in [-0.4, -0.2) is 16.9 Å². The third-order valence-electron chi connectivity index (χ3n) is 1.72. The van der Waals surface area contributed by atoms with Crippen molar-refractivity contribution in [3.05, 3.63) is 29.8 Å². The maximum absolute atomic E-state index is 12.7. The van der Waals surface area contributed by atoms with Gasteiger partial charge in [-0.15, -0.1) is 0 Å². The number of rotatable bonds is 3. The summed E-state index contributed by atoms with van der Waals surface area (Å²) in [6, 6.07) is 5.64. The molecule has 0 bridgehead atoms. The van der Waals surface area contributed by atoms with Crippen LogP contribution in [-0.2, 0) is 0 Å². The number of carbonyl (C=O) groups excluding carboxylic acids is 1. The minimum Gasteiger partial charge on any atom is -0.347 e. The second kappa shape index (κ2) is 5.05. The average Bonchev–Trinajstić information content (AvgIpc) is 2.18. The maximum Gasteiger partial charge on any atom is 0.270 e. The molecule has 0 saturated heterocycles. The Morgan fingerprint density at radius 3 is 3.07 bits per heavy atom. The van der Waals surface area contributed by atoms with Gasteiger partial charge in [0, 0.05) is 6.04 Å². The Bertz CT molecular complexity index is 400. The minimum atomic E-state index is -0.699. The van der Waals surface area contributed by atoms with E-state index in [4.69, 9.17) is 5.26 Å². The van der Waals surface area contributed by atoms with Crippen LogP contribution in [0.4, 0.5) is 4.39 Å². The van der Waals surface area contributed by atoms with Crippen molar-refractivity contribution < 1.29 is 9.18 Å². The SMILES string of the molecule is CC(CC#N)NC(=O)c1cccc(F)n1. The van der Waals surface area contributed by atoms with Gasteiger partial charge < -0.3 is 5.32 Å². The Kier molecular flexibility index (Phi) is 3.75. The summed E-state index contributed by atoms with van der Waals surface area (Å²) in [5.41, 5.74) is 0.0137. The molecule has 0 fully saturated rings. The summed E-state index contributed by atoms with van der Waals surface area (Å²) in [4.78, 5) is 14.9. The molecular formula is C10H10FN3O. The third-order valence-corrected chi connectivity index (χ3v) is 1.72. The highest BCUT2D eigenvalue weighted by Gasteiger charge is 2.10. The minimum absolute atomic E-state index is 0.0137. The summed E-state index contributed by atoms with van der Waals surface area (Å²) >= 11 is 0. The molecule has 0 aliphatic rings. The lowest BCUT2D eigenvalue weighted by atomic mass is 10.2. The van der Waals surface area contributed by atoms with E-state index in [0.29, 0.717) is 0 Å². The number of hydrogen-bond donors (Lipinski definition) is 1. The lowest BCUT2D eigenvalue weighted by Crippen LogP contribution is -2.32. The summed E-state index contributed by atoms with van der Waals surface area (Å²) in [7, 11) is 0. The van der Waals surface area contributed by atoms with Crippen molar-refractivity contribution in [1.29, 1.82) is 5.26 Å². The van der Waals surface area contributed by atoms with Crippen LogP contribution in [0.2, 0.25) is 0 Å². The van der Waals surface area contributed by atoms with Gasteiger partial charge in [-0.3, -0.25) is 4.79 Å². The van der Waals surface area contributed by atoms with Crippen LogP contribution in [0, 0.1) is 17.3 Å². The summed E-state index contributed by atoms with van der Waals surface area (Å²) in [6.07, 6.45) is 0.209. The molecule has 1 rings (SSSR count). The molecule has 1 unspecified atom stereocenters. The van der Waals surface area contributed by atoms with Gasteiger partial charge in [0.05, 0.1) is 12.5 Å². The molecular weight excluding hydrogens is 197 g/mol. The summed E-state index contributed by atoms with van der Waals surface area (Å²) in [5, 5.41) is 10.9. The molecule has 0 aliphatic carbocycles. The van der Waals surface area contributed by atoms with E-state index in [1.807, 2.05) is 6.07 Å². The molecule has 78 valence electrons. The number of aromatic nitrogens is 1. The first-order valence-corrected chi connectivity index (χ1v) is 4.44. The zero-order chi connectivity index (χ0) is 11.3. The van der Waals surface area contributed by atoms with Gasteiger partial charge in [0.15, 0.2) is 0 Å². The Balaban J connectivity index is 2.66. The molecule has 1 atom stereocenters. The standard InChI is InChI=1S/C10H10FN3O/c1-7(5-6-12)13-10(15)8-3-2-4-9(11)14-8/h2-4,7H,5H2,1H3,(H,13,15). The van der Waals surface area contributed by atoms with E-state index in [2.05, 4.69) is 10.3 Å². The predicted octanol–water partition coefficient (Wildman–Crippen LogP) is 1.25. The van der Waals surface area contributed by atoms with Gasteiger partial charge in [0.2, 0.25) is 5.95 Å². The van der Waals surface area contributed by atoms with Crippen LogP contribution < -0.4 is 5.32 Å². The number of carbonyl (C=O) groups is 1. The van der Waals surface area contributed by atoms with Crippen molar-refractivity contribution in [2.24, 2.45) is 0 Å². The van der Waals surface area contributed by atoms with Gasteiger partial charge in [-0.2, -0.15) is 9.65 Å². The molecule has 0 spiro atoms. The van der Waals surface area contributed by atoms with Crippen molar-refractivity contribution in [3.8, 4) is 6.07 Å². The van der Waals surface area contributed by atoms with E-state index in [1.54, 1.807) is 6.92 Å². The highest BCUT2D eigenvalue weighted by Crippen LogP contribution is 1.99. The van der Waals surface area contributed by atoms with Crippen LogP contribution in [0.25, 0.3) is 0 Å². The van der Waals surface area contributed by atoms with Crippen molar-refractivity contribution in [2.75, 3.05) is 0 Å². The fraction of sp³-hybridized carbons (Fsp3) is 0.300. The fourth-order valence-corrected chi connectivity index (χ4v) is 1.02. The molecule has 0 saturated carbocycles. The first-order valence-electron chi connectivity index (χ1n) is 4.44. The number of amides is 1. The van der Waals surface area contributed by atoms with Gasteiger partial charge in [-0.25, -0.2) is 4.98 Å². The lowest BCUT2D eigenvalue weighted by Gasteiger charge is -2.09. The Morgan fingerprint density at radius 1 is 1.73 bits per heavy atom. The van der Waals surface area contributed by atoms with Crippen molar-refractivity contribution in [1.82, 2.24) is 10.3 Å². The first kappa shape index (κ1) is 11.1. The zero-order valence-corrected chi connectivity index (χ0v) is 8.20. The second-order valence-electron chi connectivity index (χ2n) is 3.08. The molecule has 4 nitrogen and oxygen atoms in total. The van der Waals surface area contributed by atoms with E-state index < -0.39 is 11.9 Å². The number of nitriles is 1. The van der Waals surface area contributed by atoms with Crippen molar-refractivity contribution >= 4 is 5.91 Å². The smallest absolute Gasteiger partial charge is 0.270 e. The predicted molar refractivity (Wildman–Crippen MR) is 51.4 cm³/mol. The fourth-order valence-electron chi connectivity index (χ4n) is 1.02. The van der Waals surface area contributed by atoms with Crippen molar-refractivity contribution in [2.45, 2.75) is 19.4 Å². The molecule has 1 aromatic heterocycles. The monoisotopic (exact) mass is 207 g/mol. The molecule has 1 heterocycles. The van der Waals surface area contributed by atoms with Crippen LogP contribution in [0.3, 0.4) is 0 Å². The van der Waals surface area contributed by atoms with Gasteiger partial charge in [-0.1, -0.05) is 6.07 Å². The normalized spacial score (nSPS) is 11.5.